The van der Waals surface area contributed by atoms with Gasteiger partial charge in [0.05, 0.1) is 6.61 Å². The molecule has 2 heterocycles. The van der Waals surface area contributed by atoms with Gasteiger partial charge < -0.3 is 10.1 Å². The summed E-state index contributed by atoms with van der Waals surface area (Å²) in [6, 6.07) is 6.44. The molecule has 18 heavy (non-hydrogen) atoms. The van der Waals surface area contributed by atoms with Gasteiger partial charge in [-0.25, -0.2) is 4.98 Å². The smallest absolute Gasteiger partial charge is 0.122 e. The van der Waals surface area contributed by atoms with Crippen LogP contribution in [0.3, 0.4) is 0 Å². The van der Waals surface area contributed by atoms with Gasteiger partial charge in [-0.1, -0.05) is 12.1 Å². The lowest BCUT2D eigenvalue weighted by Gasteiger charge is -2.05. The number of nitrogens with zero attached hydrogens (tertiary/aromatic N) is 1. The van der Waals surface area contributed by atoms with Gasteiger partial charge in [0.15, 0.2) is 0 Å². The maximum atomic E-state index is 5.50. The second-order valence-corrected chi connectivity index (χ2v) is 5.47. The van der Waals surface area contributed by atoms with Crippen molar-refractivity contribution in [3.8, 4) is 5.75 Å². The van der Waals surface area contributed by atoms with E-state index in [1.54, 1.807) is 11.3 Å². The summed E-state index contributed by atoms with van der Waals surface area (Å²) in [6.45, 7) is 4.57. The molecule has 1 aromatic heterocycles. The fraction of sp³-hybridized carbons (Fsp3) is 0.357. The fourth-order valence-electron chi connectivity index (χ4n) is 2.15. The van der Waals surface area contributed by atoms with Crippen LogP contribution in [0.25, 0.3) is 0 Å². The Hall–Kier alpha value is -1.39. The van der Waals surface area contributed by atoms with Gasteiger partial charge >= 0.3 is 0 Å². The van der Waals surface area contributed by atoms with E-state index in [4.69, 9.17) is 4.74 Å². The highest BCUT2D eigenvalue weighted by molar-refractivity contribution is 7.09. The molecule has 1 aromatic carbocycles. The molecule has 0 radical (unpaired) electrons. The molecule has 0 spiro atoms. The zero-order chi connectivity index (χ0) is 12.4. The molecule has 0 saturated heterocycles. The third kappa shape index (κ3) is 2.54. The Balaban J connectivity index is 1.57. The predicted molar refractivity (Wildman–Crippen MR) is 73.0 cm³/mol. The van der Waals surface area contributed by atoms with Crippen molar-refractivity contribution in [2.75, 3.05) is 6.61 Å². The number of hydrogen-bond donors (Lipinski definition) is 1. The average Bonchev–Trinajstić information content (AvgIpc) is 2.97. The Morgan fingerprint density at radius 1 is 1.39 bits per heavy atom. The number of nitrogens with one attached hydrogen (secondary N) is 1. The molecule has 0 saturated carbocycles. The van der Waals surface area contributed by atoms with Crippen molar-refractivity contribution in [2.24, 2.45) is 0 Å². The molecule has 3 rings (SSSR count). The number of aromatic nitrogens is 1. The Bertz CT molecular complexity index is 550. The number of thiazole rings is 1. The summed E-state index contributed by atoms with van der Waals surface area (Å²) >= 11 is 1.71. The zero-order valence-electron chi connectivity index (χ0n) is 10.4. The SMILES string of the molecule is Cc1csc(CNCc2ccc3c(c2)CCO3)n1. The first-order chi connectivity index (χ1) is 8.81. The van der Waals surface area contributed by atoms with Crippen LogP contribution in [0.1, 0.15) is 21.8 Å². The molecule has 2 aromatic rings. The lowest BCUT2D eigenvalue weighted by atomic mass is 10.1. The van der Waals surface area contributed by atoms with Gasteiger partial charge in [0.1, 0.15) is 10.8 Å². The Morgan fingerprint density at radius 3 is 3.17 bits per heavy atom. The highest BCUT2D eigenvalue weighted by Gasteiger charge is 2.11. The summed E-state index contributed by atoms with van der Waals surface area (Å²) in [4.78, 5) is 4.44. The van der Waals surface area contributed by atoms with E-state index >= 15 is 0 Å². The molecule has 1 aliphatic heterocycles. The molecular weight excluding hydrogens is 244 g/mol. The maximum absolute atomic E-state index is 5.50. The van der Waals surface area contributed by atoms with E-state index in [1.807, 2.05) is 6.92 Å². The van der Waals surface area contributed by atoms with Crippen molar-refractivity contribution in [1.82, 2.24) is 10.3 Å². The van der Waals surface area contributed by atoms with E-state index < -0.39 is 0 Å². The second kappa shape index (κ2) is 5.08. The van der Waals surface area contributed by atoms with Crippen LogP contribution in [0.2, 0.25) is 0 Å². The third-order valence-corrected chi connectivity index (χ3v) is 3.99. The lowest BCUT2D eigenvalue weighted by molar-refractivity contribution is 0.357. The minimum absolute atomic E-state index is 0.824. The number of rotatable bonds is 4. The summed E-state index contributed by atoms with van der Waals surface area (Å²) in [5.41, 5.74) is 3.75. The zero-order valence-corrected chi connectivity index (χ0v) is 11.2. The van der Waals surface area contributed by atoms with Crippen LogP contribution in [-0.4, -0.2) is 11.6 Å². The largest absolute Gasteiger partial charge is 0.493 e. The molecular formula is C14H16N2OS. The molecule has 0 fully saturated rings. The number of aryl methyl sites for hydroxylation is 1. The third-order valence-electron chi connectivity index (χ3n) is 3.03. The molecule has 0 aliphatic carbocycles. The first kappa shape index (κ1) is 11.7. The summed E-state index contributed by atoms with van der Waals surface area (Å²) < 4.78 is 5.50. The molecule has 4 heteroatoms. The number of fused-ring (bicyclic) bond motifs is 1. The van der Waals surface area contributed by atoms with Crippen molar-refractivity contribution < 1.29 is 4.74 Å². The molecule has 0 amide bonds. The first-order valence-electron chi connectivity index (χ1n) is 6.17. The summed E-state index contributed by atoms with van der Waals surface area (Å²) in [7, 11) is 0. The van der Waals surface area contributed by atoms with Crippen LogP contribution in [0.4, 0.5) is 0 Å². The van der Waals surface area contributed by atoms with E-state index in [0.29, 0.717) is 0 Å². The fourth-order valence-corrected chi connectivity index (χ4v) is 2.89. The Kier molecular flexibility index (Phi) is 3.30. The molecule has 1 N–H and O–H groups in total. The quantitative estimate of drug-likeness (QED) is 0.917. The van der Waals surface area contributed by atoms with Crippen molar-refractivity contribution in [3.05, 3.63) is 45.4 Å². The highest BCUT2D eigenvalue weighted by atomic mass is 32.1. The highest BCUT2D eigenvalue weighted by Crippen LogP contribution is 2.25. The van der Waals surface area contributed by atoms with Crippen molar-refractivity contribution in [3.63, 3.8) is 0 Å². The van der Waals surface area contributed by atoms with Crippen LogP contribution in [0.5, 0.6) is 5.75 Å². The van der Waals surface area contributed by atoms with Crippen molar-refractivity contribution in [1.29, 1.82) is 0 Å². The topological polar surface area (TPSA) is 34.1 Å². The van der Waals surface area contributed by atoms with E-state index in [-0.39, 0.29) is 0 Å². The van der Waals surface area contributed by atoms with Crippen LogP contribution in [-0.2, 0) is 19.5 Å². The van der Waals surface area contributed by atoms with E-state index in [1.165, 1.54) is 11.1 Å². The minimum atomic E-state index is 0.824. The molecule has 3 nitrogen and oxygen atoms in total. The lowest BCUT2D eigenvalue weighted by Crippen LogP contribution is -2.12. The summed E-state index contributed by atoms with van der Waals surface area (Å²) in [6.07, 6.45) is 1.04. The van der Waals surface area contributed by atoms with Gasteiger partial charge in [-0.05, 0) is 24.1 Å². The van der Waals surface area contributed by atoms with Gasteiger partial charge in [0.25, 0.3) is 0 Å². The van der Waals surface area contributed by atoms with Gasteiger partial charge in [-0.2, -0.15) is 0 Å². The normalized spacial score (nSPS) is 13.4. The predicted octanol–water partition coefficient (Wildman–Crippen LogP) is 2.68. The van der Waals surface area contributed by atoms with E-state index in [9.17, 15) is 0 Å². The van der Waals surface area contributed by atoms with Gasteiger partial charge in [0, 0.05) is 30.6 Å². The monoisotopic (exact) mass is 260 g/mol. The molecule has 94 valence electrons. The molecule has 1 aliphatic rings. The number of benzene rings is 1. The van der Waals surface area contributed by atoms with Crippen LogP contribution in [0, 0.1) is 6.92 Å². The molecule has 0 atom stereocenters. The van der Waals surface area contributed by atoms with Crippen LogP contribution >= 0.6 is 11.3 Å². The van der Waals surface area contributed by atoms with Gasteiger partial charge in [-0.3, -0.25) is 0 Å². The average molecular weight is 260 g/mol. The van der Waals surface area contributed by atoms with Gasteiger partial charge in [-0.15, -0.1) is 11.3 Å². The second-order valence-electron chi connectivity index (χ2n) is 4.53. The summed E-state index contributed by atoms with van der Waals surface area (Å²) in [5, 5.41) is 6.67. The van der Waals surface area contributed by atoms with Crippen molar-refractivity contribution >= 4 is 11.3 Å². The van der Waals surface area contributed by atoms with E-state index in [2.05, 4.69) is 33.9 Å². The Morgan fingerprint density at radius 2 is 2.33 bits per heavy atom. The molecule has 0 unspecified atom stereocenters. The van der Waals surface area contributed by atoms with E-state index in [0.717, 1.165) is 42.6 Å². The van der Waals surface area contributed by atoms with Gasteiger partial charge in [0.2, 0.25) is 0 Å². The van der Waals surface area contributed by atoms with Crippen molar-refractivity contribution in [2.45, 2.75) is 26.4 Å². The van der Waals surface area contributed by atoms with Crippen LogP contribution < -0.4 is 10.1 Å². The molecule has 0 bridgehead atoms. The van der Waals surface area contributed by atoms with Crippen LogP contribution in [0.15, 0.2) is 23.6 Å². The summed E-state index contributed by atoms with van der Waals surface area (Å²) in [5.74, 6) is 1.05. The first-order valence-corrected chi connectivity index (χ1v) is 7.05. The standard InChI is InChI=1S/C14H16N2OS/c1-10-9-18-14(16-10)8-15-7-11-2-3-13-12(6-11)4-5-17-13/h2-3,6,9,15H,4-5,7-8H2,1H3. The Labute approximate surface area is 111 Å². The maximum Gasteiger partial charge on any atom is 0.122 e. The minimum Gasteiger partial charge on any atom is -0.493 e. The number of ether oxygens (including phenoxy) is 1. The number of hydrogen-bond acceptors (Lipinski definition) is 4.